The van der Waals surface area contributed by atoms with Crippen LogP contribution in [0.5, 0.6) is 0 Å². The third-order valence-electron chi connectivity index (χ3n) is 5.25. The minimum Gasteiger partial charge on any atom is -0.365 e. The predicted molar refractivity (Wildman–Crippen MR) is 114 cm³/mol. The monoisotopic (exact) mass is 360 g/mol. The van der Waals surface area contributed by atoms with E-state index in [9.17, 15) is 0 Å². The lowest BCUT2D eigenvalue weighted by Gasteiger charge is -2.32. The molecule has 0 saturated heterocycles. The van der Waals surface area contributed by atoms with Crippen LogP contribution in [0.25, 0.3) is 0 Å². The molecule has 0 aromatic heterocycles. The Morgan fingerprint density at radius 2 is 2.04 bits per heavy atom. The number of anilines is 2. The molecule has 130 valence electrons. The number of thiocarbonyl (C=S) groups is 1. The van der Waals surface area contributed by atoms with Crippen LogP contribution in [0, 0.1) is 0 Å². The fourth-order valence-electron chi connectivity index (χ4n) is 4.13. The standard InChI is InChI=1S/C20H21BN4S/c1-25-18-11-10-13(21)12-16(18)15-8-5-9-17(19(15)25)23-24-20(26)22-14-6-3-2-4-7-14/h2-4,6-7,10-12,15,19H,5,8-9H2,1H3,(H2,22,24,26)/b23-17+. The van der Waals surface area contributed by atoms with Crippen LogP contribution in [0.4, 0.5) is 11.4 Å². The zero-order valence-corrected chi connectivity index (χ0v) is 15.6. The molecule has 2 aliphatic rings. The zero-order chi connectivity index (χ0) is 18.1. The maximum Gasteiger partial charge on any atom is 0.191 e. The number of para-hydroxylation sites is 1. The van der Waals surface area contributed by atoms with Crippen molar-refractivity contribution in [2.24, 2.45) is 5.10 Å². The van der Waals surface area contributed by atoms with Crippen molar-refractivity contribution in [1.82, 2.24) is 5.43 Å². The van der Waals surface area contributed by atoms with Gasteiger partial charge in [0.05, 0.1) is 11.8 Å². The zero-order valence-electron chi connectivity index (χ0n) is 14.8. The van der Waals surface area contributed by atoms with Crippen molar-refractivity contribution in [3.63, 3.8) is 0 Å². The number of nitrogens with zero attached hydrogens (tertiary/aromatic N) is 2. The number of hydrazone groups is 1. The highest BCUT2D eigenvalue weighted by Crippen LogP contribution is 2.45. The first-order valence-electron chi connectivity index (χ1n) is 8.94. The molecule has 2 aromatic carbocycles. The summed E-state index contributed by atoms with van der Waals surface area (Å²) in [7, 11) is 8.16. The molecule has 0 spiro atoms. The first-order valence-corrected chi connectivity index (χ1v) is 9.35. The maximum absolute atomic E-state index is 6.02. The second-order valence-electron chi connectivity index (χ2n) is 6.91. The quantitative estimate of drug-likeness (QED) is 0.491. The van der Waals surface area contributed by atoms with E-state index in [4.69, 9.17) is 20.1 Å². The molecular formula is C20H21BN4S. The van der Waals surface area contributed by atoms with Gasteiger partial charge in [-0.05, 0) is 55.2 Å². The topological polar surface area (TPSA) is 39.7 Å². The summed E-state index contributed by atoms with van der Waals surface area (Å²) in [5.74, 6) is 0.448. The van der Waals surface area contributed by atoms with E-state index in [-0.39, 0.29) is 6.04 Å². The number of rotatable bonds is 2. The smallest absolute Gasteiger partial charge is 0.191 e. The van der Waals surface area contributed by atoms with Gasteiger partial charge in [0.15, 0.2) is 5.11 Å². The summed E-state index contributed by atoms with van der Waals surface area (Å²) >= 11 is 5.38. The molecule has 1 fully saturated rings. The summed E-state index contributed by atoms with van der Waals surface area (Å²) in [4.78, 5) is 2.33. The van der Waals surface area contributed by atoms with Crippen LogP contribution < -0.4 is 21.1 Å². The highest BCUT2D eigenvalue weighted by molar-refractivity contribution is 7.80. The lowest BCUT2D eigenvalue weighted by molar-refractivity contribution is 0.535. The number of hydrogen-bond acceptors (Lipinski definition) is 3. The van der Waals surface area contributed by atoms with Crippen molar-refractivity contribution in [3.8, 4) is 0 Å². The van der Waals surface area contributed by atoms with E-state index in [1.165, 1.54) is 11.3 Å². The summed E-state index contributed by atoms with van der Waals surface area (Å²) < 4.78 is 0. The number of likely N-dealkylation sites (N-methyl/N-ethyl adjacent to an activating group) is 1. The van der Waals surface area contributed by atoms with Crippen molar-refractivity contribution in [2.75, 3.05) is 17.3 Å². The van der Waals surface area contributed by atoms with E-state index in [0.29, 0.717) is 11.0 Å². The van der Waals surface area contributed by atoms with Crippen molar-refractivity contribution in [3.05, 3.63) is 54.1 Å². The van der Waals surface area contributed by atoms with Crippen LogP contribution >= 0.6 is 12.2 Å². The molecule has 0 amide bonds. The molecule has 2 atom stereocenters. The molecule has 6 heteroatoms. The molecule has 2 radical (unpaired) electrons. The Bertz CT molecular complexity index is 852. The molecule has 4 nitrogen and oxygen atoms in total. The third kappa shape index (κ3) is 3.21. The van der Waals surface area contributed by atoms with Gasteiger partial charge in [-0.2, -0.15) is 5.10 Å². The van der Waals surface area contributed by atoms with Gasteiger partial charge in [0.2, 0.25) is 0 Å². The van der Waals surface area contributed by atoms with Gasteiger partial charge in [-0.15, -0.1) is 0 Å². The highest BCUT2D eigenvalue weighted by Gasteiger charge is 2.41. The number of benzene rings is 2. The molecule has 1 heterocycles. The van der Waals surface area contributed by atoms with Gasteiger partial charge >= 0.3 is 0 Å². The lowest BCUT2D eigenvalue weighted by Crippen LogP contribution is -2.42. The van der Waals surface area contributed by atoms with Gasteiger partial charge in [-0.25, -0.2) is 0 Å². The largest absolute Gasteiger partial charge is 0.365 e. The lowest BCUT2D eigenvalue weighted by atomic mass is 9.80. The Balaban J connectivity index is 1.51. The van der Waals surface area contributed by atoms with Gasteiger partial charge in [-0.1, -0.05) is 35.8 Å². The Morgan fingerprint density at radius 1 is 1.23 bits per heavy atom. The van der Waals surface area contributed by atoms with Gasteiger partial charge in [0, 0.05) is 24.3 Å². The van der Waals surface area contributed by atoms with Crippen LogP contribution in [0.3, 0.4) is 0 Å². The summed E-state index contributed by atoms with van der Waals surface area (Å²) in [6.45, 7) is 0. The van der Waals surface area contributed by atoms with Crippen LogP contribution in [0.1, 0.15) is 30.7 Å². The van der Waals surface area contributed by atoms with Crippen molar-refractivity contribution in [1.29, 1.82) is 0 Å². The molecule has 2 N–H and O–H groups in total. The number of nitrogens with one attached hydrogen (secondary N) is 2. The summed E-state index contributed by atoms with van der Waals surface area (Å²) in [5, 5.41) is 8.34. The van der Waals surface area contributed by atoms with E-state index in [1.54, 1.807) is 0 Å². The third-order valence-corrected chi connectivity index (χ3v) is 5.44. The van der Waals surface area contributed by atoms with Gasteiger partial charge in [-0.3, -0.25) is 5.43 Å². The molecule has 0 bridgehead atoms. The maximum atomic E-state index is 6.02. The van der Waals surface area contributed by atoms with Crippen molar-refractivity contribution >= 4 is 47.7 Å². The molecular weight excluding hydrogens is 339 g/mol. The van der Waals surface area contributed by atoms with Crippen LogP contribution in [0.2, 0.25) is 0 Å². The first-order chi connectivity index (χ1) is 12.6. The molecule has 2 aromatic rings. The average molecular weight is 360 g/mol. The van der Waals surface area contributed by atoms with Gasteiger partial charge in [0.25, 0.3) is 0 Å². The highest BCUT2D eigenvalue weighted by atomic mass is 32.1. The number of hydrogen-bond donors (Lipinski definition) is 2. The van der Waals surface area contributed by atoms with Crippen molar-refractivity contribution in [2.45, 2.75) is 31.2 Å². The fourth-order valence-corrected chi connectivity index (χ4v) is 4.29. The van der Waals surface area contributed by atoms with E-state index in [1.807, 2.05) is 36.4 Å². The Labute approximate surface area is 161 Å². The van der Waals surface area contributed by atoms with Crippen molar-refractivity contribution < 1.29 is 0 Å². The SMILES string of the molecule is [B]c1ccc2c(c1)C1CCC/C(=N\NC(=S)Nc3ccccc3)C1N2C. The molecule has 1 aliphatic heterocycles. The molecule has 4 rings (SSSR count). The van der Waals surface area contributed by atoms with E-state index < -0.39 is 0 Å². The molecule has 1 aliphatic carbocycles. The van der Waals surface area contributed by atoms with Gasteiger partial charge < -0.3 is 10.2 Å². The molecule has 2 unspecified atom stereocenters. The van der Waals surface area contributed by atoms with E-state index in [2.05, 4.69) is 39.9 Å². The minimum atomic E-state index is 0.271. The summed E-state index contributed by atoms with van der Waals surface area (Å²) in [6.07, 6.45) is 3.27. The Kier molecular flexibility index (Phi) is 4.68. The van der Waals surface area contributed by atoms with Gasteiger partial charge in [0.1, 0.15) is 7.85 Å². The van der Waals surface area contributed by atoms with Crippen LogP contribution in [-0.4, -0.2) is 31.8 Å². The molecule has 26 heavy (non-hydrogen) atoms. The second kappa shape index (κ2) is 7.12. The minimum absolute atomic E-state index is 0.271. The Hall–Kier alpha value is -2.34. The number of fused-ring (bicyclic) bond motifs is 3. The van der Waals surface area contributed by atoms with E-state index >= 15 is 0 Å². The van der Waals surface area contributed by atoms with E-state index in [0.717, 1.165) is 36.1 Å². The predicted octanol–water partition coefficient (Wildman–Crippen LogP) is 2.91. The fraction of sp³-hybridized carbons (Fsp3) is 0.300. The molecule has 1 saturated carbocycles. The van der Waals surface area contributed by atoms with Crippen LogP contribution in [-0.2, 0) is 0 Å². The normalized spacial score (nSPS) is 22.7. The average Bonchev–Trinajstić information content (AvgIpc) is 2.93. The Morgan fingerprint density at radius 3 is 2.85 bits per heavy atom. The first kappa shape index (κ1) is 17.1. The summed E-state index contributed by atoms with van der Waals surface area (Å²) in [5.41, 5.74) is 8.56. The van der Waals surface area contributed by atoms with Crippen LogP contribution in [0.15, 0.2) is 53.6 Å². The second-order valence-corrected chi connectivity index (χ2v) is 7.32. The summed E-state index contributed by atoms with van der Waals surface area (Å²) in [6, 6.07) is 16.4.